The number of rotatable bonds is 5. The molecule has 1 aliphatic carbocycles. The van der Waals surface area contributed by atoms with Gasteiger partial charge in [0.2, 0.25) is 0 Å². The smallest absolute Gasteiger partial charge is 0.166 e. The SMILES string of the molecule is CCCOCCC1CCCc2ccccc2C1=O. The summed E-state index contributed by atoms with van der Waals surface area (Å²) in [4.78, 5) is 12.4. The zero-order valence-electron chi connectivity index (χ0n) is 11.2. The highest BCUT2D eigenvalue weighted by molar-refractivity contribution is 5.99. The van der Waals surface area contributed by atoms with Crippen LogP contribution in [0.15, 0.2) is 24.3 Å². The Kier molecular flexibility index (Phi) is 4.94. The van der Waals surface area contributed by atoms with E-state index in [0.29, 0.717) is 12.4 Å². The normalized spacial score (nSPS) is 19.4. The van der Waals surface area contributed by atoms with E-state index in [-0.39, 0.29) is 5.92 Å². The average Bonchev–Trinajstić information content (AvgIpc) is 2.56. The second kappa shape index (κ2) is 6.69. The second-order valence-corrected chi connectivity index (χ2v) is 5.01. The van der Waals surface area contributed by atoms with Crippen LogP contribution in [0.25, 0.3) is 0 Å². The van der Waals surface area contributed by atoms with Crippen molar-refractivity contribution < 1.29 is 9.53 Å². The van der Waals surface area contributed by atoms with E-state index in [2.05, 4.69) is 13.0 Å². The molecule has 18 heavy (non-hydrogen) atoms. The molecule has 0 radical (unpaired) electrons. The Morgan fingerprint density at radius 2 is 2.11 bits per heavy atom. The van der Waals surface area contributed by atoms with E-state index in [1.165, 1.54) is 5.56 Å². The number of aryl methyl sites for hydroxylation is 1. The number of ether oxygens (including phenoxy) is 1. The van der Waals surface area contributed by atoms with E-state index in [0.717, 1.165) is 44.3 Å². The Morgan fingerprint density at radius 1 is 1.28 bits per heavy atom. The molecule has 1 aromatic rings. The monoisotopic (exact) mass is 246 g/mol. The second-order valence-electron chi connectivity index (χ2n) is 5.01. The largest absolute Gasteiger partial charge is 0.381 e. The molecule has 0 heterocycles. The molecule has 2 nitrogen and oxygen atoms in total. The van der Waals surface area contributed by atoms with E-state index in [1.807, 2.05) is 18.2 Å². The van der Waals surface area contributed by atoms with Crippen molar-refractivity contribution in [2.24, 2.45) is 5.92 Å². The molecule has 0 aliphatic heterocycles. The number of carbonyl (C=O) groups excluding carboxylic acids is 1. The topological polar surface area (TPSA) is 26.3 Å². The summed E-state index contributed by atoms with van der Waals surface area (Å²) >= 11 is 0. The summed E-state index contributed by atoms with van der Waals surface area (Å²) < 4.78 is 5.51. The molecule has 2 rings (SSSR count). The number of hydrogen-bond acceptors (Lipinski definition) is 2. The molecule has 0 fully saturated rings. The van der Waals surface area contributed by atoms with Crippen LogP contribution in [-0.4, -0.2) is 19.0 Å². The maximum atomic E-state index is 12.4. The van der Waals surface area contributed by atoms with Crippen LogP contribution in [0.2, 0.25) is 0 Å². The molecular formula is C16H22O2. The third-order valence-electron chi connectivity index (χ3n) is 3.61. The van der Waals surface area contributed by atoms with E-state index in [4.69, 9.17) is 4.74 Å². The van der Waals surface area contributed by atoms with E-state index in [9.17, 15) is 4.79 Å². The van der Waals surface area contributed by atoms with Gasteiger partial charge < -0.3 is 4.74 Å². The van der Waals surface area contributed by atoms with Crippen molar-refractivity contribution in [3.63, 3.8) is 0 Å². The van der Waals surface area contributed by atoms with Gasteiger partial charge in [0, 0.05) is 24.7 Å². The Bertz CT molecular complexity index is 398. The van der Waals surface area contributed by atoms with Gasteiger partial charge in [-0.1, -0.05) is 31.2 Å². The van der Waals surface area contributed by atoms with Gasteiger partial charge in [-0.3, -0.25) is 4.79 Å². The number of carbonyl (C=O) groups is 1. The molecule has 2 heteroatoms. The Labute approximate surface area is 109 Å². The van der Waals surface area contributed by atoms with Gasteiger partial charge in [-0.2, -0.15) is 0 Å². The predicted octanol–water partition coefficient (Wildman–Crippen LogP) is 3.64. The van der Waals surface area contributed by atoms with Gasteiger partial charge in [-0.05, 0) is 37.7 Å². The molecular weight excluding hydrogens is 224 g/mol. The van der Waals surface area contributed by atoms with Crippen LogP contribution in [0.3, 0.4) is 0 Å². The standard InChI is InChI=1S/C16H22O2/c1-2-11-18-12-10-14-8-5-7-13-6-3-4-9-15(13)16(14)17/h3-4,6,9,14H,2,5,7-8,10-12H2,1H3. The van der Waals surface area contributed by atoms with E-state index in [1.54, 1.807) is 0 Å². The van der Waals surface area contributed by atoms with Crippen molar-refractivity contribution in [1.29, 1.82) is 0 Å². The van der Waals surface area contributed by atoms with Gasteiger partial charge in [0.05, 0.1) is 0 Å². The highest BCUT2D eigenvalue weighted by atomic mass is 16.5. The van der Waals surface area contributed by atoms with Crippen molar-refractivity contribution in [1.82, 2.24) is 0 Å². The third-order valence-corrected chi connectivity index (χ3v) is 3.61. The first kappa shape index (κ1) is 13.3. The fourth-order valence-corrected chi connectivity index (χ4v) is 2.62. The van der Waals surface area contributed by atoms with Gasteiger partial charge in [-0.15, -0.1) is 0 Å². The van der Waals surface area contributed by atoms with Crippen molar-refractivity contribution >= 4 is 5.78 Å². The Hall–Kier alpha value is -1.15. The zero-order chi connectivity index (χ0) is 12.8. The molecule has 98 valence electrons. The molecule has 1 aliphatic rings. The maximum Gasteiger partial charge on any atom is 0.166 e. The lowest BCUT2D eigenvalue weighted by atomic mass is 9.93. The van der Waals surface area contributed by atoms with Crippen LogP contribution in [0.5, 0.6) is 0 Å². The van der Waals surface area contributed by atoms with Gasteiger partial charge in [0.1, 0.15) is 0 Å². The first-order chi connectivity index (χ1) is 8.83. The molecule has 1 atom stereocenters. The first-order valence-corrected chi connectivity index (χ1v) is 7.02. The van der Waals surface area contributed by atoms with E-state index >= 15 is 0 Å². The van der Waals surface area contributed by atoms with Crippen molar-refractivity contribution in [3.8, 4) is 0 Å². The number of benzene rings is 1. The third kappa shape index (κ3) is 3.20. The minimum absolute atomic E-state index is 0.158. The first-order valence-electron chi connectivity index (χ1n) is 7.02. The van der Waals surface area contributed by atoms with Crippen molar-refractivity contribution in [3.05, 3.63) is 35.4 Å². The average molecular weight is 246 g/mol. The van der Waals surface area contributed by atoms with Gasteiger partial charge in [0.25, 0.3) is 0 Å². The molecule has 1 unspecified atom stereocenters. The fraction of sp³-hybridized carbons (Fsp3) is 0.562. The number of ketones is 1. The quantitative estimate of drug-likeness (QED) is 0.585. The lowest BCUT2D eigenvalue weighted by Crippen LogP contribution is -2.16. The number of Topliss-reactive ketones (excluding diaryl/α,β-unsaturated/α-hetero) is 1. The summed E-state index contributed by atoms with van der Waals surface area (Å²) in [5.74, 6) is 0.480. The highest BCUT2D eigenvalue weighted by Gasteiger charge is 2.24. The fourth-order valence-electron chi connectivity index (χ4n) is 2.62. The van der Waals surface area contributed by atoms with Crippen molar-refractivity contribution in [2.75, 3.05) is 13.2 Å². The minimum Gasteiger partial charge on any atom is -0.381 e. The van der Waals surface area contributed by atoms with Gasteiger partial charge >= 0.3 is 0 Å². The Balaban J connectivity index is 1.99. The summed E-state index contributed by atoms with van der Waals surface area (Å²) in [6, 6.07) is 8.05. The summed E-state index contributed by atoms with van der Waals surface area (Å²) in [5.41, 5.74) is 2.16. The van der Waals surface area contributed by atoms with Crippen LogP contribution in [0, 0.1) is 5.92 Å². The molecule has 0 bridgehead atoms. The van der Waals surface area contributed by atoms with Gasteiger partial charge in [-0.25, -0.2) is 0 Å². The summed E-state index contributed by atoms with van der Waals surface area (Å²) in [5, 5.41) is 0. The lowest BCUT2D eigenvalue weighted by molar-refractivity contribution is 0.0830. The summed E-state index contributed by atoms with van der Waals surface area (Å²) in [6.07, 6.45) is 5.06. The molecule has 0 N–H and O–H groups in total. The maximum absolute atomic E-state index is 12.4. The molecule has 1 aromatic carbocycles. The molecule has 0 saturated heterocycles. The molecule has 0 amide bonds. The highest BCUT2D eigenvalue weighted by Crippen LogP contribution is 2.26. The Morgan fingerprint density at radius 3 is 2.94 bits per heavy atom. The van der Waals surface area contributed by atoms with Crippen LogP contribution in [0.4, 0.5) is 0 Å². The predicted molar refractivity (Wildman–Crippen MR) is 72.9 cm³/mol. The number of fused-ring (bicyclic) bond motifs is 1. The minimum atomic E-state index is 0.158. The van der Waals surface area contributed by atoms with Crippen LogP contribution in [0.1, 0.15) is 48.5 Å². The summed E-state index contributed by atoms with van der Waals surface area (Å²) in [6.45, 7) is 3.62. The molecule has 0 spiro atoms. The number of hydrogen-bond donors (Lipinski definition) is 0. The van der Waals surface area contributed by atoms with Crippen LogP contribution in [-0.2, 0) is 11.2 Å². The van der Waals surface area contributed by atoms with Crippen LogP contribution >= 0.6 is 0 Å². The molecule has 0 saturated carbocycles. The van der Waals surface area contributed by atoms with E-state index < -0.39 is 0 Å². The van der Waals surface area contributed by atoms with Crippen molar-refractivity contribution in [2.45, 2.75) is 39.0 Å². The van der Waals surface area contributed by atoms with Gasteiger partial charge in [0.15, 0.2) is 5.78 Å². The van der Waals surface area contributed by atoms with Crippen LogP contribution < -0.4 is 0 Å². The summed E-state index contributed by atoms with van der Waals surface area (Å²) in [7, 11) is 0. The zero-order valence-corrected chi connectivity index (χ0v) is 11.2. The lowest BCUT2D eigenvalue weighted by Gasteiger charge is -2.13. The molecule has 0 aromatic heterocycles.